The topological polar surface area (TPSA) is 69.0 Å². The second-order valence-corrected chi connectivity index (χ2v) is 8.24. The number of hydrogen-bond acceptors (Lipinski definition) is 5. The lowest BCUT2D eigenvalue weighted by Gasteiger charge is -2.11. The van der Waals surface area contributed by atoms with Gasteiger partial charge in [0.2, 0.25) is 0 Å². The summed E-state index contributed by atoms with van der Waals surface area (Å²) >= 11 is 0. The van der Waals surface area contributed by atoms with E-state index in [2.05, 4.69) is 10.2 Å². The molecule has 0 atom stereocenters. The van der Waals surface area contributed by atoms with Gasteiger partial charge in [0.1, 0.15) is 5.69 Å². The molecule has 1 amide bonds. The summed E-state index contributed by atoms with van der Waals surface area (Å²) in [5.74, 6) is 0.00598. The summed E-state index contributed by atoms with van der Waals surface area (Å²) in [5, 5.41) is 9.05. The Morgan fingerprint density at radius 1 is 0.842 bits per heavy atom. The Hall–Kier alpha value is -4.86. The molecule has 10 heteroatoms. The van der Waals surface area contributed by atoms with Crippen LogP contribution in [-0.4, -0.2) is 41.8 Å². The maximum Gasteiger partial charge on any atom is 0.435 e. The predicted molar refractivity (Wildman–Crippen MR) is 137 cm³/mol. The molecule has 3 aromatic carbocycles. The molecule has 7 nitrogen and oxygen atoms in total. The van der Waals surface area contributed by atoms with E-state index in [0.717, 1.165) is 5.01 Å². The number of rotatable bonds is 6. The first-order valence-corrected chi connectivity index (χ1v) is 11.4. The van der Waals surface area contributed by atoms with E-state index in [0.29, 0.717) is 28.4 Å². The standard InChI is InChI=1S/C28H21F3N4O3/c1-37-23-14-13-18(16-24(23)38-2)25-19(17-34(32-25)20-9-5-3-6-10-20)15-22-26(28(29,30)31)33-35(27(22)36)21-11-7-4-8-12-21/h3-17H,1-2H3. The molecule has 0 unspecified atom stereocenters. The molecule has 0 spiro atoms. The number of anilines is 1. The Labute approximate surface area is 216 Å². The molecule has 0 aliphatic carbocycles. The van der Waals surface area contributed by atoms with Gasteiger partial charge >= 0.3 is 6.18 Å². The minimum Gasteiger partial charge on any atom is -0.493 e. The van der Waals surface area contributed by atoms with Gasteiger partial charge in [-0.3, -0.25) is 4.79 Å². The zero-order chi connectivity index (χ0) is 26.9. The van der Waals surface area contributed by atoms with E-state index in [4.69, 9.17) is 9.47 Å². The summed E-state index contributed by atoms with van der Waals surface area (Å²) in [4.78, 5) is 13.3. The van der Waals surface area contributed by atoms with E-state index in [1.165, 1.54) is 37.1 Å². The summed E-state index contributed by atoms with van der Waals surface area (Å²) in [6.45, 7) is 0. The van der Waals surface area contributed by atoms with Crippen molar-refractivity contribution >= 4 is 23.4 Å². The molecular weight excluding hydrogens is 497 g/mol. The van der Waals surface area contributed by atoms with Crippen LogP contribution >= 0.6 is 0 Å². The lowest BCUT2D eigenvalue weighted by atomic mass is 10.0. The number of hydrazone groups is 1. The quantitative estimate of drug-likeness (QED) is 0.298. The van der Waals surface area contributed by atoms with Gasteiger partial charge in [-0.1, -0.05) is 36.4 Å². The number of halogens is 3. The molecule has 192 valence electrons. The van der Waals surface area contributed by atoms with Gasteiger partial charge < -0.3 is 9.47 Å². The second kappa shape index (κ2) is 9.89. The zero-order valence-electron chi connectivity index (χ0n) is 20.3. The fourth-order valence-corrected chi connectivity index (χ4v) is 4.07. The van der Waals surface area contributed by atoms with Gasteiger partial charge in [0.25, 0.3) is 5.91 Å². The number of amides is 1. The summed E-state index contributed by atoms with van der Waals surface area (Å²) < 4.78 is 54.4. The number of aromatic nitrogens is 2. The summed E-state index contributed by atoms with van der Waals surface area (Å²) in [6.07, 6.45) is -2.11. The van der Waals surface area contributed by atoms with Crippen molar-refractivity contribution in [3.05, 3.63) is 96.2 Å². The minimum atomic E-state index is -4.86. The zero-order valence-corrected chi connectivity index (χ0v) is 20.3. The number of para-hydroxylation sites is 2. The molecule has 0 saturated carbocycles. The molecule has 2 heterocycles. The average molecular weight is 518 g/mol. The normalized spacial score (nSPS) is 14.7. The Bertz CT molecular complexity index is 1540. The van der Waals surface area contributed by atoms with Crippen LogP contribution in [0.2, 0.25) is 0 Å². The maximum absolute atomic E-state index is 14.0. The highest BCUT2D eigenvalue weighted by Crippen LogP contribution is 2.36. The van der Waals surface area contributed by atoms with Gasteiger partial charge in [-0.05, 0) is 48.5 Å². The first kappa shape index (κ1) is 24.8. The Kier molecular flexibility index (Phi) is 6.46. The molecule has 38 heavy (non-hydrogen) atoms. The highest BCUT2D eigenvalue weighted by molar-refractivity contribution is 6.34. The van der Waals surface area contributed by atoms with E-state index in [1.807, 2.05) is 30.3 Å². The Morgan fingerprint density at radius 2 is 1.47 bits per heavy atom. The highest BCUT2D eigenvalue weighted by atomic mass is 19.4. The average Bonchev–Trinajstić information content (AvgIpc) is 3.51. The minimum absolute atomic E-state index is 0.225. The summed E-state index contributed by atoms with van der Waals surface area (Å²) in [5.41, 5.74) is 0.230. The molecule has 0 radical (unpaired) electrons. The number of methoxy groups -OCH3 is 2. The van der Waals surface area contributed by atoms with E-state index in [-0.39, 0.29) is 11.3 Å². The lowest BCUT2D eigenvalue weighted by molar-refractivity contribution is -0.114. The molecule has 4 aromatic rings. The SMILES string of the molecule is COc1ccc(-c2nn(-c3ccccc3)cc2C=C2C(=O)N(c3ccccc3)N=C2C(F)(F)F)cc1OC. The number of carbonyl (C=O) groups excluding carboxylic acids is 1. The van der Waals surface area contributed by atoms with Gasteiger partial charge in [0.05, 0.1) is 31.2 Å². The van der Waals surface area contributed by atoms with Crippen LogP contribution in [0, 0.1) is 0 Å². The molecule has 1 aliphatic rings. The van der Waals surface area contributed by atoms with Crippen molar-refractivity contribution < 1.29 is 27.4 Å². The molecule has 0 bridgehead atoms. The molecular formula is C28H21F3N4O3. The third-order valence-electron chi connectivity index (χ3n) is 5.87. The second-order valence-electron chi connectivity index (χ2n) is 8.24. The van der Waals surface area contributed by atoms with Crippen LogP contribution in [0.25, 0.3) is 23.0 Å². The number of nitrogens with zero attached hydrogens (tertiary/aromatic N) is 4. The maximum atomic E-state index is 14.0. The number of alkyl halides is 3. The molecule has 1 aromatic heterocycles. The number of carbonyl (C=O) groups is 1. The Morgan fingerprint density at radius 3 is 2.08 bits per heavy atom. The van der Waals surface area contributed by atoms with Crippen LogP contribution in [0.5, 0.6) is 11.5 Å². The van der Waals surface area contributed by atoms with E-state index in [1.54, 1.807) is 42.6 Å². The van der Waals surface area contributed by atoms with Crippen molar-refractivity contribution in [1.82, 2.24) is 9.78 Å². The molecule has 5 rings (SSSR count). The van der Waals surface area contributed by atoms with Crippen LogP contribution in [-0.2, 0) is 4.79 Å². The predicted octanol–water partition coefficient (Wildman–Crippen LogP) is 5.91. The molecule has 0 fully saturated rings. The van der Waals surface area contributed by atoms with Crippen molar-refractivity contribution in [2.24, 2.45) is 5.10 Å². The van der Waals surface area contributed by atoms with Crippen LogP contribution in [0.3, 0.4) is 0 Å². The van der Waals surface area contributed by atoms with Crippen LogP contribution < -0.4 is 14.5 Å². The van der Waals surface area contributed by atoms with Crippen molar-refractivity contribution in [3.63, 3.8) is 0 Å². The largest absolute Gasteiger partial charge is 0.493 e. The van der Waals surface area contributed by atoms with Crippen LogP contribution in [0.15, 0.2) is 95.7 Å². The van der Waals surface area contributed by atoms with Gasteiger partial charge in [0, 0.05) is 17.3 Å². The third kappa shape index (κ3) is 4.63. The van der Waals surface area contributed by atoms with E-state index >= 15 is 0 Å². The van der Waals surface area contributed by atoms with Crippen molar-refractivity contribution in [3.8, 4) is 28.4 Å². The van der Waals surface area contributed by atoms with E-state index < -0.39 is 23.4 Å². The fourth-order valence-electron chi connectivity index (χ4n) is 4.07. The summed E-state index contributed by atoms with van der Waals surface area (Å²) in [6, 6.07) is 22.1. The number of ether oxygens (including phenoxy) is 2. The number of benzene rings is 3. The first-order chi connectivity index (χ1) is 18.3. The third-order valence-corrected chi connectivity index (χ3v) is 5.87. The number of hydrogen-bond donors (Lipinski definition) is 0. The van der Waals surface area contributed by atoms with Gasteiger partial charge in [0.15, 0.2) is 17.2 Å². The first-order valence-electron chi connectivity index (χ1n) is 11.4. The fraction of sp³-hybridized carbons (Fsp3) is 0.107. The highest BCUT2D eigenvalue weighted by Gasteiger charge is 2.47. The molecule has 1 aliphatic heterocycles. The van der Waals surface area contributed by atoms with Crippen molar-refractivity contribution in [1.29, 1.82) is 0 Å². The van der Waals surface area contributed by atoms with Crippen LogP contribution in [0.1, 0.15) is 5.56 Å². The van der Waals surface area contributed by atoms with Crippen molar-refractivity contribution in [2.75, 3.05) is 19.2 Å². The molecule has 0 N–H and O–H groups in total. The molecule has 0 saturated heterocycles. The van der Waals surface area contributed by atoms with Gasteiger partial charge in [-0.2, -0.15) is 28.4 Å². The monoisotopic (exact) mass is 518 g/mol. The van der Waals surface area contributed by atoms with Gasteiger partial charge in [-0.15, -0.1) is 0 Å². The smallest absolute Gasteiger partial charge is 0.435 e. The van der Waals surface area contributed by atoms with Crippen LogP contribution in [0.4, 0.5) is 18.9 Å². The Balaban J connectivity index is 1.68. The summed E-state index contributed by atoms with van der Waals surface area (Å²) in [7, 11) is 2.98. The van der Waals surface area contributed by atoms with Gasteiger partial charge in [-0.25, -0.2) is 4.68 Å². The van der Waals surface area contributed by atoms with E-state index in [9.17, 15) is 18.0 Å². The lowest BCUT2D eigenvalue weighted by Crippen LogP contribution is -2.25. The van der Waals surface area contributed by atoms with Crippen molar-refractivity contribution in [2.45, 2.75) is 6.18 Å².